The molecule has 1 aliphatic rings. The Morgan fingerprint density at radius 3 is 2.90 bits per heavy atom. The molecule has 1 N–H and O–H groups in total. The first-order valence-electron chi connectivity index (χ1n) is 9.51. The monoisotopic (exact) mass is 414 g/mol. The summed E-state index contributed by atoms with van der Waals surface area (Å²) in [6, 6.07) is 11.1. The third kappa shape index (κ3) is 4.40. The van der Waals surface area contributed by atoms with Crippen LogP contribution in [0.25, 0.3) is 11.4 Å². The van der Waals surface area contributed by atoms with Crippen molar-refractivity contribution in [1.29, 1.82) is 0 Å². The molecule has 0 saturated heterocycles. The van der Waals surface area contributed by atoms with E-state index in [0.717, 1.165) is 38.1 Å². The summed E-state index contributed by atoms with van der Waals surface area (Å²) >= 11 is 6.41. The van der Waals surface area contributed by atoms with Crippen molar-refractivity contribution in [2.24, 2.45) is 0 Å². The van der Waals surface area contributed by atoms with Gasteiger partial charge in [-0.3, -0.25) is 4.79 Å². The van der Waals surface area contributed by atoms with Crippen molar-refractivity contribution in [2.45, 2.75) is 32.2 Å². The van der Waals surface area contributed by atoms with E-state index in [4.69, 9.17) is 16.3 Å². The summed E-state index contributed by atoms with van der Waals surface area (Å²) < 4.78 is 20.9. The van der Waals surface area contributed by atoms with Crippen molar-refractivity contribution in [3.63, 3.8) is 0 Å². The third-order valence-electron chi connectivity index (χ3n) is 4.80. The lowest BCUT2D eigenvalue weighted by Gasteiger charge is -2.11. The fourth-order valence-electron chi connectivity index (χ4n) is 3.36. The highest BCUT2D eigenvalue weighted by molar-refractivity contribution is 6.33. The molecule has 0 bridgehead atoms. The number of hydrogen-bond acceptors (Lipinski definition) is 4. The SMILES string of the molecule is O=C(COc1ccccc1F)Nc1ccc(Cl)c(-c2nnc3n2CCCCC3)c1. The smallest absolute Gasteiger partial charge is 0.262 e. The number of benzene rings is 2. The van der Waals surface area contributed by atoms with Crippen molar-refractivity contribution in [1.82, 2.24) is 14.8 Å². The van der Waals surface area contributed by atoms with Gasteiger partial charge in [-0.1, -0.05) is 30.2 Å². The number of rotatable bonds is 5. The Bertz CT molecular complexity index is 1040. The van der Waals surface area contributed by atoms with Gasteiger partial charge in [-0.15, -0.1) is 10.2 Å². The Labute approximate surface area is 172 Å². The summed E-state index contributed by atoms with van der Waals surface area (Å²) in [5.74, 6) is 0.778. The maximum Gasteiger partial charge on any atom is 0.262 e. The van der Waals surface area contributed by atoms with Crippen LogP contribution >= 0.6 is 11.6 Å². The van der Waals surface area contributed by atoms with Gasteiger partial charge in [0.2, 0.25) is 0 Å². The van der Waals surface area contributed by atoms with Crippen molar-refractivity contribution in [2.75, 3.05) is 11.9 Å². The molecule has 0 fully saturated rings. The lowest BCUT2D eigenvalue weighted by Crippen LogP contribution is -2.20. The van der Waals surface area contributed by atoms with Crippen LogP contribution in [0.1, 0.15) is 25.1 Å². The van der Waals surface area contributed by atoms with Crippen LogP contribution in [-0.4, -0.2) is 27.3 Å². The first-order chi connectivity index (χ1) is 14.1. The second kappa shape index (κ2) is 8.61. The molecule has 0 atom stereocenters. The number of amides is 1. The van der Waals surface area contributed by atoms with E-state index in [2.05, 4.69) is 20.1 Å². The number of hydrogen-bond donors (Lipinski definition) is 1. The lowest BCUT2D eigenvalue weighted by molar-refractivity contribution is -0.118. The van der Waals surface area contributed by atoms with E-state index in [1.165, 1.54) is 12.1 Å². The minimum absolute atomic E-state index is 0.0330. The van der Waals surface area contributed by atoms with Crippen LogP contribution in [0.2, 0.25) is 5.02 Å². The number of ether oxygens (including phenoxy) is 1. The van der Waals surface area contributed by atoms with Crippen molar-refractivity contribution in [3.05, 3.63) is 59.1 Å². The molecular formula is C21H20ClFN4O2. The maximum atomic E-state index is 13.6. The molecule has 0 radical (unpaired) electrons. The van der Waals surface area contributed by atoms with Gasteiger partial charge in [0.15, 0.2) is 24.0 Å². The standard InChI is InChI=1S/C21H20ClFN4O2/c22-16-10-9-14(24-20(28)13-29-18-7-4-3-6-17(18)23)12-15(16)21-26-25-19-8-2-1-5-11-27(19)21/h3-4,6-7,9-10,12H,1-2,5,8,11,13H2,(H,24,28). The summed E-state index contributed by atoms with van der Waals surface area (Å²) in [5, 5.41) is 11.9. The predicted octanol–water partition coefficient (Wildman–Crippen LogP) is 4.48. The Morgan fingerprint density at radius 1 is 1.17 bits per heavy atom. The van der Waals surface area contributed by atoms with E-state index < -0.39 is 11.7 Å². The molecule has 0 unspecified atom stereocenters. The molecule has 3 aromatic rings. The number of carbonyl (C=O) groups excluding carboxylic acids is 1. The first-order valence-corrected chi connectivity index (χ1v) is 9.89. The maximum absolute atomic E-state index is 13.6. The van der Waals surface area contributed by atoms with Gasteiger partial charge < -0.3 is 14.6 Å². The number of aromatic nitrogens is 3. The molecule has 2 aromatic carbocycles. The van der Waals surface area contributed by atoms with E-state index in [1.54, 1.807) is 30.3 Å². The zero-order chi connectivity index (χ0) is 20.2. The normalized spacial score (nSPS) is 13.4. The van der Waals surface area contributed by atoms with Gasteiger partial charge in [0, 0.05) is 24.2 Å². The number of para-hydroxylation sites is 1. The second-order valence-corrected chi connectivity index (χ2v) is 7.27. The van der Waals surface area contributed by atoms with E-state index in [9.17, 15) is 9.18 Å². The number of halogens is 2. The Morgan fingerprint density at radius 2 is 2.03 bits per heavy atom. The summed E-state index contributed by atoms with van der Waals surface area (Å²) in [6.45, 7) is 0.542. The lowest BCUT2D eigenvalue weighted by atomic mass is 10.1. The molecule has 0 saturated carbocycles. The second-order valence-electron chi connectivity index (χ2n) is 6.86. The molecule has 4 rings (SSSR count). The fraction of sp³-hybridized carbons (Fsp3) is 0.286. The Balaban J connectivity index is 1.49. The number of fused-ring (bicyclic) bond motifs is 1. The topological polar surface area (TPSA) is 69.0 Å². The zero-order valence-corrected chi connectivity index (χ0v) is 16.5. The van der Waals surface area contributed by atoms with E-state index in [-0.39, 0.29) is 12.4 Å². The molecule has 6 nitrogen and oxygen atoms in total. The largest absolute Gasteiger partial charge is 0.481 e. The molecule has 0 spiro atoms. The number of carbonyl (C=O) groups is 1. The van der Waals surface area contributed by atoms with Gasteiger partial charge in [-0.2, -0.15) is 0 Å². The molecule has 1 aromatic heterocycles. The molecule has 0 aliphatic carbocycles. The van der Waals surface area contributed by atoms with Gasteiger partial charge in [0.1, 0.15) is 5.82 Å². The third-order valence-corrected chi connectivity index (χ3v) is 5.13. The highest BCUT2D eigenvalue weighted by atomic mass is 35.5. The van der Waals surface area contributed by atoms with Crippen molar-refractivity contribution in [3.8, 4) is 17.1 Å². The molecular weight excluding hydrogens is 395 g/mol. The quantitative estimate of drug-likeness (QED) is 0.668. The van der Waals surface area contributed by atoms with Crippen LogP contribution in [0.5, 0.6) is 5.75 Å². The number of nitrogens with one attached hydrogen (secondary N) is 1. The summed E-state index contributed by atoms with van der Waals surface area (Å²) in [6.07, 6.45) is 4.23. The van der Waals surface area contributed by atoms with Gasteiger partial charge >= 0.3 is 0 Å². The fourth-order valence-corrected chi connectivity index (χ4v) is 3.56. The number of aryl methyl sites for hydroxylation is 1. The zero-order valence-electron chi connectivity index (χ0n) is 15.7. The minimum Gasteiger partial charge on any atom is -0.481 e. The highest BCUT2D eigenvalue weighted by Crippen LogP contribution is 2.31. The number of nitrogens with zero attached hydrogens (tertiary/aromatic N) is 3. The van der Waals surface area contributed by atoms with Crippen LogP contribution in [0.3, 0.4) is 0 Å². The Hall–Kier alpha value is -2.93. The molecule has 8 heteroatoms. The van der Waals surface area contributed by atoms with E-state index in [1.807, 2.05) is 0 Å². The first kappa shape index (κ1) is 19.4. The van der Waals surface area contributed by atoms with Crippen LogP contribution in [0.4, 0.5) is 10.1 Å². The molecule has 29 heavy (non-hydrogen) atoms. The van der Waals surface area contributed by atoms with Crippen LogP contribution in [0, 0.1) is 5.82 Å². The number of anilines is 1. The van der Waals surface area contributed by atoms with Gasteiger partial charge in [-0.05, 0) is 43.2 Å². The average Bonchev–Trinajstić information content (AvgIpc) is 2.96. The average molecular weight is 415 g/mol. The van der Waals surface area contributed by atoms with E-state index >= 15 is 0 Å². The highest BCUT2D eigenvalue weighted by Gasteiger charge is 2.18. The van der Waals surface area contributed by atoms with Crippen LogP contribution < -0.4 is 10.1 Å². The van der Waals surface area contributed by atoms with Crippen molar-refractivity contribution < 1.29 is 13.9 Å². The van der Waals surface area contributed by atoms with Gasteiger partial charge in [0.05, 0.1) is 5.02 Å². The van der Waals surface area contributed by atoms with E-state index in [0.29, 0.717) is 22.1 Å². The molecule has 1 amide bonds. The molecule has 2 heterocycles. The Kier molecular flexibility index (Phi) is 5.76. The predicted molar refractivity (Wildman–Crippen MR) is 109 cm³/mol. The van der Waals surface area contributed by atoms with Crippen LogP contribution in [-0.2, 0) is 17.8 Å². The van der Waals surface area contributed by atoms with Gasteiger partial charge in [-0.25, -0.2) is 4.39 Å². The minimum atomic E-state index is -0.512. The molecule has 150 valence electrons. The summed E-state index contributed by atoms with van der Waals surface area (Å²) in [5.41, 5.74) is 1.26. The van der Waals surface area contributed by atoms with Crippen molar-refractivity contribution >= 4 is 23.2 Å². The van der Waals surface area contributed by atoms with Gasteiger partial charge in [0.25, 0.3) is 5.91 Å². The van der Waals surface area contributed by atoms with Crippen LogP contribution in [0.15, 0.2) is 42.5 Å². The molecule has 1 aliphatic heterocycles. The summed E-state index contributed by atoms with van der Waals surface area (Å²) in [7, 11) is 0. The summed E-state index contributed by atoms with van der Waals surface area (Å²) in [4.78, 5) is 12.2.